The number of rotatable bonds is 4. The molecule has 4 nitrogen and oxygen atoms in total. The van der Waals surface area contributed by atoms with E-state index >= 15 is 0 Å². The molecule has 110 valence electrons. The summed E-state index contributed by atoms with van der Waals surface area (Å²) in [5.41, 5.74) is 0. The normalized spacial score (nSPS) is 19.6. The Morgan fingerprint density at radius 3 is 2.55 bits per heavy atom. The average Bonchev–Trinajstić information content (AvgIpc) is 2.86. The predicted octanol–water partition coefficient (Wildman–Crippen LogP) is 2.11. The first-order valence-electron chi connectivity index (χ1n) is 7.00. The molecule has 0 bridgehead atoms. The largest absolute Gasteiger partial charge is 0.338 e. The van der Waals surface area contributed by atoms with Gasteiger partial charge in [-0.3, -0.25) is 4.79 Å². The number of benzene rings is 1. The topological polar surface area (TPSA) is 54.5 Å². The quantitative estimate of drug-likeness (QED) is 0.855. The number of hydrogen-bond donors (Lipinski definition) is 0. The maximum atomic E-state index is 12.4. The van der Waals surface area contributed by atoms with E-state index in [1.807, 2.05) is 13.8 Å². The lowest BCUT2D eigenvalue weighted by Gasteiger charge is -2.26. The van der Waals surface area contributed by atoms with Crippen molar-refractivity contribution in [3.05, 3.63) is 30.3 Å². The second kappa shape index (κ2) is 5.95. The van der Waals surface area contributed by atoms with Crippen molar-refractivity contribution in [3.8, 4) is 0 Å². The van der Waals surface area contributed by atoms with Gasteiger partial charge >= 0.3 is 0 Å². The number of hydrogen-bond acceptors (Lipinski definition) is 3. The molecule has 1 amide bonds. The Bertz CT molecular complexity index is 566. The van der Waals surface area contributed by atoms with Gasteiger partial charge in [0.2, 0.25) is 5.91 Å². The van der Waals surface area contributed by atoms with Gasteiger partial charge in [0.05, 0.1) is 10.6 Å². The molecule has 2 rings (SSSR count). The van der Waals surface area contributed by atoms with E-state index in [9.17, 15) is 13.2 Å². The number of carbonyl (C=O) groups excluding carboxylic acids is 1. The van der Waals surface area contributed by atoms with E-state index in [0.29, 0.717) is 11.4 Å². The summed E-state index contributed by atoms with van der Waals surface area (Å²) >= 11 is 0. The summed E-state index contributed by atoms with van der Waals surface area (Å²) in [6.07, 6.45) is 1.65. The first kappa shape index (κ1) is 15.0. The standard InChI is InChI=1S/C15H21NO3S/c1-12(2)15(17)16-10-6-7-13(16)11-20(18,19)14-8-4-3-5-9-14/h3-5,8-9,12-13H,6-7,10-11H2,1-2H3/t13-/m1/s1. The molecule has 0 N–H and O–H groups in total. The van der Waals surface area contributed by atoms with Crippen molar-refractivity contribution in [1.29, 1.82) is 0 Å². The molecule has 5 heteroatoms. The van der Waals surface area contributed by atoms with Crippen molar-refractivity contribution < 1.29 is 13.2 Å². The van der Waals surface area contributed by atoms with Crippen molar-refractivity contribution in [3.63, 3.8) is 0 Å². The van der Waals surface area contributed by atoms with Crippen LogP contribution in [0.3, 0.4) is 0 Å². The Morgan fingerprint density at radius 1 is 1.30 bits per heavy atom. The highest BCUT2D eigenvalue weighted by Gasteiger charge is 2.33. The molecule has 0 radical (unpaired) electrons. The highest BCUT2D eigenvalue weighted by molar-refractivity contribution is 7.91. The highest BCUT2D eigenvalue weighted by Crippen LogP contribution is 2.23. The minimum absolute atomic E-state index is 0.0233. The molecule has 0 aromatic heterocycles. The second-order valence-corrected chi connectivity index (χ2v) is 7.61. The molecule has 1 saturated heterocycles. The van der Waals surface area contributed by atoms with Gasteiger partial charge in [-0.1, -0.05) is 32.0 Å². The summed E-state index contributed by atoms with van der Waals surface area (Å²) in [5.74, 6) is -0.0130. The van der Waals surface area contributed by atoms with Crippen LogP contribution in [0.2, 0.25) is 0 Å². The summed E-state index contributed by atoms with van der Waals surface area (Å²) in [4.78, 5) is 14.2. The zero-order valence-electron chi connectivity index (χ0n) is 12.0. The molecule has 0 saturated carbocycles. The number of sulfone groups is 1. The monoisotopic (exact) mass is 295 g/mol. The molecule has 1 atom stereocenters. The lowest BCUT2D eigenvalue weighted by atomic mass is 10.1. The van der Waals surface area contributed by atoms with E-state index in [-0.39, 0.29) is 23.6 Å². The molecular formula is C15H21NO3S. The smallest absolute Gasteiger partial charge is 0.225 e. The van der Waals surface area contributed by atoms with Crippen molar-refractivity contribution in [1.82, 2.24) is 4.90 Å². The van der Waals surface area contributed by atoms with Crippen molar-refractivity contribution >= 4 is 15.7 Å². The third-order valence-electron chi connectivity index (χ3n) is 3.67. The Kier molecular flexibility index (Phi) is 4.48. The third-order valence-corrected chi connectivity index (χ3v) is 5.48. The number of amides is 1. The van der Waals surface area contributed by atoms with Crippen molar-refractivity contribution in [2.45, 2.75) is 37.6 Å². The predicted molar refractivity (Wildman–Crippen MR) is 78.1 cm³/mol. The molecule has 20 heavy (non-hydrogen) atoms. The zero-order valence-corrected chi connectivity index (χ0v) is 12.8. The first-order valence-corrected chi connectivity index (χ1v) is 8.65. The maximum absolute atomic E-state index is 12.4. The van der Waals surface area contributed by atoms with Gasteiger partial charge < -0.3 is 4.90 Å². The van der Waals surface area contributed by atoms with E-state index in [0.717, 1.165) is 12.8 Å². The minimum atomic E-state index is -3.33. The molecule has 0 spiro atoms. The Labute approximate surface area is 120 Å². The molecule has 1 heterocycles. The lowest BCUT2D eigenvalue weighted by Crippen LogP contribution is -2.41. The van der Waals surface area contributed by atoms with E-state index in [1.54, 1.807) is 35.2 Å². The minimum Gasteiger partial charge on any atom is -0.338 e. The van der Waals surface area contributed by atoms with Crippen LogP contribution in [-0.2, 0) is 14.6 Å². The van der Waals surface area contributed by atoms with Gasteiger partial charge in [-0.25, -0.2) is 8.42 Å². The molecular weight excluding hydrogens is 274 g/mol. The molecule has 0 unspecified atom stereocenters. The van der Waals surface area contributed by atoms with Gasteiger partial charge in [-0.05, 0) is 25.0 Å². The summed E-state index contributed by atoms with van der Waals surface area (Å²) < 4.78 is 24.8. The maximum Gasteiger partial charge on any atom is 0.225 e. The van der Waals surface area contributed by atoms with Crippen LogP contribution in [0, 0.1) is 5.92 Å². The lowest BCUT2D eigenvalue weighted by molar-refractivity contribution is -0.134. The van der Waals surface area contributed by atoms with Crippen LogP contribution >= 0.6 is 0 Å². The van der Waals surface area contributed by atoms with E-state index in [2.05, 4.69) is 0 Å². The molecule has 1 aliphatic heterocycles. The van der Waals surface area contributed by atoms with Gasteiger partial charge in [0.1, 0.15) is 0 Å². The summed E-state index contributed by atoms with van der Waals surface area (Å²) in [7, 11) is -3.33. The Hall–Kier alpha value is -1.36. The van der Waals surface area contributed by atoms with Crippen LogP contribution in [0.4, 0.5) is 0 Å². The SMILES string of the molecule is CC(C)C(=O)N1CCC[C@@H]1CS(=O)(=O)c1ccccc1. The van der Waals surface area contributed by atoms with Crippen LogP contribution < -0.4 is 0 Å². The molecule has 1 aromatic carbocycles. The zero-order chi connectivity index (χ0) is 14.8. The number of carbonyl (C=O) groups is 1. The van der Waals surface area contributed by atoms with Gasteiger partial charge in [0, 0.05) is 18.5 Å². The first-order chi connectivity index (χ1) is 9.42. The van der Waals surface area contributed by atoms with Crippen molar-refractivity contribution in [2.75, 3.05) is 12.3 Å². The fraction of sp³-hybridized carbons (Fsp3) is 0.533. The third kappa shape index (κ3) is 3.20. The van der Waals surface area contributed by atoms with E-state index in [4.69, 9.17) is 0 Å². The van der Waals surface area contributed by atoms with Crippen LogP contribution in [-0.4, -0.2) is 37.6 Å². The van der Waals surface area contributed by atoms with E-state index in [1.165, 1.54) is 0 Å². The van der Waals surface area contributed by atoms with Gasteiger partial charge in [-0.2, -0.15) is 0 Å². The fourth-order valence-corrected chi connectivity index (χ4v) is 4.23. The fourth-order valence-electron chi connectivity index (χ4n) is 2.61. The number of nitrogens with zero attached hydrogens (tertiary/aromatic N) is 1. The number of likely N-dealkylation sites (tertiary alicyclic amines) is 1. The Morgan fingerprint density at radius 2 is 1.95 bits per heavy atom. The van der Waals surface area contributed by atoms with E-state index < -0.39 is 9.84 Å². The van der Waals surface area contributed by atoms with Gasteiger partial charge in [-0.15, -0.1) is 0 Å². The van der Waals surface area contributed by atoms with Gasteiger partial charge in [0.25, 0.3) is 0 Å². The second-order valence-electron chi connectivity index (χ2n) is 5.58. The molecule has 1 fully saturated rings. The highest BCUT2D eigenvalue weighted by atomic mass is 32.2. The van der Waals surface area contributed by atoms with Crippen LogP contribution in [0.25, 0.3) is 0 Å². The van der Waals surface area contributed by atoms with Crippen LogP contribution in [0.5, 0.6) is 0 Å². The molecule has 1 aromatic rings. The van der Waals surface area contributed by atoms with Gasteiger partial charge in [0.15, 0.2) is 9.84 Å². The summed E-state index contributed by atoms with van der Waals surface area (Å²) in [6, 6.07) is 8.27. The van der Waals surface area contributed by atoms with Crippen LogP contribution in [0.1, 0.15) is 26.7 Å². The summed E-state index contributed by atoms with van der Waals surface area (Å²) in [6.45, 7) is 4.37. The van der Waals surface area contributed by atoms with Crippen molar-refractivity contribution in [2.24, 2.45) is 5.92 Å². The molecule has 0 aliphatic carbocycles. The van der Waals surface area contributed by atoms with Crippen LogP contribution in [0.15, 0.2) is 35.2 Å². The Balaban J connectivity index is 2.15. The average molecular weight is 295 g/mol. The summed E-state index contributed by atoms with van der Waals surface area (Å²) in [5, 5.41) is 0. The molecule has 1 aliphatic rings.